The first-order valence-corrected chi connectivity index (χ1v) is 7.06. The summed E-state index contributed by atoms with van der Waals surface area (Å²) < 4.78 is 0. The third-order valence-corrected chi connectivity index (χ3v) is 4.07. The van der Waals surface area contributed by atoms with Gasteiger partial charge in [-0.25, -0.2) is 0 Å². The summed E-state index contributed by atoms with van der Waals surface area (Å²) in [4.78, 5) is 4.74. The minimum atomic E-state index is 0.190. The quantitative estimate of drug-likeness (QED) is 0.889. The predicted molar refractivity (Wildman–Crippen MR) is 76.7 cm³/mol. The summed E-state index contributed by atoms with van der Waals surface area (Å²) in [7, 11) is 0. The number of benzene rings is 1. The number of nitrogens with zero attached hydrogens (tertiary/aromatic N) is 1. The van der Waals surface area contributed by atoms with E-state index in [4.69, 9.17) is 4.99 Å². The van der Waals surface area contributed by atoms with Crippen molar-refractivity contribution in [2.24, 2.45) is 4.99 Å². The molecule has 17 heavy (non-hydrogen) atoms. The monoisotopic (exact) mass is 248 g/mol. The van der Waals surface area contributed by atoms with Gasteiger partial charge in [0.15, 0.2) is 5.17 Å². The van der Waals surface area contributed by atoms with Crippen LogP contribution in [0, 0.1) is 0 Å². The molecule has 0 spiro atoms. The zero-order valence-corrected chi connectivity index (χ0v) is 11.6. The maximum atomic E-state index is 4.74. The molecule has 0 radical (unpaired) electrons. The van der Waals surface area contributed by atoms with Gasteiger partial charge in [0.25, 0.3) is 0 Å². The van der Waals surface area contributed by atoms with E-state index in [1.165, 1.54) is 5.56 Å². The fraction of sp³-hybridized carbons (Fsp3) is 0.500. The van der Waals surface area contributed by atoms with Crippen molar-refractivity contribution >= 4 is 16.9 Å². The van der Waals surface area contributed by atoms with E-state index in [-0.39, 0.29) is 5.54 Å². The van der Waals surface area contributed by atoms with Crippen LogP contribution in [0.5, 0.6) is 0 Å². The second-order valence-corrected chi connectivity index (χ2v) is 6.23. The molecule has 0 bridgehead atoms. The van der Waals surface area contributed by atoms with Gasteiger partial charge in [0.05, 0.1) is 6.04 Å². The van der Waals surface area contributed by atoms with Gasteiger partial charge in [0.2, 0.25) is 0 Å². The average Bonchev–Trinajstić information content (AvgIpc) is 2.59. The van der Waals surface area contributed by atoms with E-state index in [0.29, 0.717) is 6.04 Å². The van der Waals surface area contributed by atoms with E-state index < -0.39 is 0 Å². The number of rotatable bonds is 3. The van der Waals surface area contributed by atoms with Crippen molar-refractivity contribution in [3.8, 4) is 0 Å². The molecule has 3 heteroatoms. The molecular weight excluding hydrogens is 228 g/mol. The summed E-state index contributed by atoms with van der Waals surface area (Å²) >= 11 is 1.83. The van der Waals surface area contributed by atoms with Crippen LogP contribution in [-0.2, 0) is 6.42 Å². The molecule has 0 aliphatic carbocycles. The highest BCUT2D eigenvalue weighted by Gasteiger charge is 2.27. The predicted octanol–water partition coefficient (Wildman–Crippen LogP) is 3.09. The lowest BCUT2D eigenvalue weighted by Crippen LogP contribution is -2.37. The van der Waals surface area contributed by atoms with Gasteiger partial charge < -0.3 is 5.32 Å². The molecule has 1 aromatic rings. The highest BCUT2D eigenvalue weighted by atomic mass is 32.2. The first-order valence-electron chi connectivity index (χ1n) is 6.08. The van der Waals surface area contributed by atoms with Crippen LogP contribution in [0.2, 0.25) is 0 Å². The standard InChI is InChI=1S/C14H20N2S/c1-11(9-12-7-5-4-6-8-12)15-13-16-14(2,3)10-17-13/h4-8,11H,9-10H2,1-3H3,(H,15,16). The van der Waals surface area contributed by atoms with Crippen molar-refractivity contribution in [1.82, 2.24) is 5.32 Å². The molecule has 1 saturated heterocycles. The van der Waals surface area contributed by atoms with E-state index in [9.17, 15) is 0 Å². The number of nitrogens with one attached hydrogen (secondary N) is 1. The van der Waals surface area contributed by atoms with Gasteiger partial charge in [-0.3, -0.25) is 4.99 Å². The highest BCUT2D eigenvalue weighted by molar-refractivity contribution is 8.14. The molecule has 0 amide bonds. The van der Waals surface area contributed by atoms with Crippen LogP contribution in [-0.4, -0.2) is 22.5 Å². The number of thioether (sulfide) groups is 1. The molecule has 1 atom stereocenters. The first kappa shape index (κ1) is 12.5. The fourth-order valence-corrected chi connectivity index (χ4v) is 3.05. The maximum absolute atomic E-state index is 4.74. The molecule has 2 nitrogen and oxygen atoms in total. The van der Waals surface area contributed by atoms with Gasteiger partial charge in [-0.05, 0) is 32.8 Å². The van der Waals surface area contributed by atoms with Gasteiger partial charge in [-0.15, -0.1) is 0 Å². The highest BCUT2D eigenvalue weighted by Crippen LogP contribution is 2.22. The Bertz CT molecular complexity index is 398. The lowest BCUT2D eigenvalue weighted by atomic mass is 10.1. The minimum Gasteiger partial charge on any atom is -0.359 e. The summed E-state index contributed by atoms with van der Waals surface area (Å²) in [6, 6.07) is 10.9. The van der Waals surface area contributed by atoms with Crippen LogP contribution in [0.1, 0.15) is 26.3 Å². The maximum Gasteiger partial charge on any atom is 0.157 e. The van der Waals surface area contributed by atoms with Gasteiger partial charge in [-0.1, -0.05) is 42.1 Å². The van der Waals surface area contributed by atoms with Crippen molar-refractivity contribution in [3.63, 3.8) is 0 Å². The van der Waals surface area contributed by atoms with Gasteiger partial charge in [0, 0.05) is 11.3 Å². The second-order valence-electron chi connectivity index (χ2n) is 5.27. The number of aliphatic imine (C=N–C) groups is 1. The topological polar surface area (TPSA) is 24.4 Å². The van der Waals surface area contributed by atoms with E-state index in [2.05, 4.69) is 56.4 Å². The van der Waals surface area contributed by atoms with Crippen LogP contribution in [0.4, 0.5) is 0 Å². The van der Waals surface area contributed by atoms with Crippen molar-refractivity contribution in [2.45, 2.75) is 38.8 Å². The summed E-state index contributed by atoms with van der Waals surface area (Å²) in [5, 5.41) is 4.56. The Morgan fingerprint density at radius 1 is 1.35 bits per heavy atom. The molecule has 2 rings (SSSR count). The largest absolute Gasteiger partial charge is 0.359 e. The normalized spacial score (nSPS) is 22.4. The van der Waals surface area contributed by atoms with E-state index in [1.54, 1.807) is 0 Å². The summed E-state index contributed by atoms with van der Waals surface area (Å²) in [5.74, 6) is 1.10. The van der Waals surface area contributed by atoms with Crippen molar-refractivity contribution in [2.75, 3.05) is 5.75 Å². The summed E-state index contributed by atoms with van der Waals surface area (Å²) in [6.45, 7) is 6.60. The van der Waals surface area contributed by atoms with Crippen LogP contribution in [0.25, 0.3) is 0 Å². The average molecular weight is 248 g/mol. The summed E-state index contributed by atoms with van der Waals surface area (Å²) in [6.07, 6.45) is 1.01. The Hall–Kier alpha value is -0.960. The molecule has 1 unspecified atom stereocenters. The Labute approximate surface area is 108 Å². The molecule has 1 fully saturated rings. The van der Waals surface area contributed by atoms with Crippen molar-refractivity contribution < 1.29 is 0 Å². The molecule has 0 aromatic heterocycles. The first-order chi connectivity index (χ1) is 8.05. The molecule has 1 aliphatic rings. The molecule has 1 aromatic carbocycles. The van der Waals surface area contributed by atoms with Crippen LogP contribution >= 0.6 is 11.8 Å². The number of hydrogen-bond acceptors (Lipinski definition) is 2. The minimum absolute atomic E-state index is 0.190. The Balaban J connectivity index is 1.94. The molecule has 92 valence electrons. The second kappa shape index (κ2) is 5.13. The van der Waals surface area contributed by atoms with Gasteiger partial charge >= 0.3 is 0 Å². The van der Waals surface area contributed by atoms with Crippen LogP contribution < -0.4 is 5.32 Å². The van der Waals surface area contributed by atoms with Crippen LogP contribution in [0.15, 0.2) is 35.3 Å². The molecule has 1 aliphatic heterocycles. The van der Waals surface area contributed by atoms with E-state index >= 15 is 0 Å². The molecule has 1 N–H and O–H groups in total. The molecular formula is C14H20N2S. The van der Waals surface area contributed by atoms with Crippen LogP contribution in [0.3, 0.4) is 0 Å². The van der Waals surface area contributed by atoms with Gasteiger partial charge in [-0.2, -0.15) is 0 Å². The third-order valence-electron chi connectivity index (χ3n) is 2.73. The zero-order chi connectivity index (χ0) is 12.3. The van der Waals surface area contributed by atoms with Gasteiger partial charge in [0.1, 0.15) is 0 Å². The zero-order valence-electron chi connectivity index (χ0n) is 10.7. The Kier molecular flexibility index (Phi) is 3.77. The van der Waals surface area contributed by atoms with Crippen molar-refractivity contribution in [1.29, 1.82) is 0 Å². The van der Waals surface area contributed by atoms with E-state index in [1.807, 2.05) is 11.8 Å². The van der Waals surface area contributed by atoms with E-state index in [0.717, 1.165) is 17.3 Å². The smallest absolute Gasteiger partial charge is 0.157 e. The molecule has 0 saturated carbocycles. The third kappa shape index (κ3) is 3.77. The lowest BCUT2D eigenvalue weighted by Gasteiger charge is -2.16. The summed E-state index contributed by atoms with van der Waals surface area (Å²) in [5.41, 5.74) is 1.54. The lowest BCUT2D eigenvalue weighted by molar-refractivity contribution is 0.534. The Morgan fingerprint density at radius 2 is 2.06 bits per heavy atom. The SMILES string of the molecule is CC(Cc1ccccc1)N=C1NC(C)(C)CS1. The Morgan fingerprint density at radius 3 is 2.65 bits per heavy atom. The molecule has 1 heterocycles. The number of amidine groups is 1. The fourth-order valence-electron chi connectivity index (χ4n) is 1.88. The van der Waals surface area contributed by atoms with Crippen molar-refractivity contribution in [3.05, 3.63) is 35.9 Å². The number of hydrogen-bond donors (Lipinski definition) is 1.